The van der Waals surface area contributed by atoms with Crippen molar-refractivity contribution in [1.29, 1.82) is 0 Å². The van der Waals surface area contributed by atoms with E-state index >= 15 is 0 Å². The number of hydrogen-bond donors (Lipinski definition) is 2. The quantitative estimate of drug-likeness (QED) is 0.873. The van der Waals surface area contributed by atoms with Crippen LogP contribution in [0.4, 0.5) is 4.79 Å². The van der Waals surface area contributed by atoms with E-state index in [9.17, 15) is 9.59 Å². The van der Waals surface area contributed by atoms with Gasteiger partial charge >= 0.3 is 12.0 Å². The molecule has 6 heteroatoms. The maximum atomic E-state index is 12.4. The van der Waals surface area contributed by atoms with Crippen molar-refractivity contribution in [3.8, 4) is 0 Å². The van der Waals surface area contributed by atoms with E-state index in [0.717, 1.165) is 5.56 Å². The highest BCUT2D eigenvalue weighted by molar-refractivity contribution is 5.76. The monoisotopic (exact) mass is 293 g/mol. The second-order valence-electron chi connectivity index (χ2n) is 5.92. The van der Waals surface area contributed by atoms with Crippen molar-refractivity contribution < 1.29 is 14.7 Å². The van der Waals surface area contributed by atoms with Crippen LogP contribution in [-0.2, 0) is 4.79 Å². The van der Waals surface area contributed by atoms with Gasteiger partial charge in [0.2, 0.25) is 0 Å². The second kappa shape index (κ2) is 7.06. The van der Waals surface area contributed by atoms with E-state index in [1.165, 1.54) is 4.90 Å². The van der Waals surface area contributed by atoms with Crippen LogP contribution in [0.3, 0.4) is 0 Å². The van der Waals surface area contributed by atoms with Gasteiger partial charge in [0.25, 0.3) is 0 Å². The first kappa shape index (κ1) is 16.9. The number of nitrogens with zero attached hydrogens (tertiary/aromatic N) is 2. The van der Waals surface area contributed by atoms with Gasteiger partial charge in [0.15, 0.2) is 0 Å². The normalized spacial score (nSPS) is 12.6. The highest BCUT2D eigenvalue weighted by Gasteiger charge is 2.27. The van der Waals surface area contributed by atoms with Gasteiger partial charge in [-0.3, -0.25) is 9.78 Å². The molecule has 0 aliphatic heterocycles. The number of amides is 2. The number of aliphatic carboxylic acids is 1. The molecular weight excluding hydrogens is 270 g/mol. The van der Waals surface area contributed by atoms with Crippen LogP contribution in [0.5, 0.6) is 0 Å². The molecule has 1 unspecified atom stereocenters. The molecule has 21 heavy (non-hydrogen) atoms. The number of carboxylic acid groups (broad SMARTS) is 1. The Hall–Kier alpha value is -2.11. The van der Waals surface area contributed by atoms with Gasteiger partial charge < -0.3 is 15.3 Å². The molecule has 0 aliphatic rings. The number of rotatable bonds is 5. The Morgan fingerprint density at radius 3 is 2.57 bits per heavy atom. The van der Waals surface area contributed by atoms with Crippen LogP contribution in [0.15, 0.2) is 24.5 Å². The Morgan fingerprint density at radius 2 is 2.10 bits per heavy atom. The summed E-state index contributed by atoms with van der Waals surface area (Å²) < 4.78 is 0. The average Bonchev–Trinajstić information content (AvgIpc) is 2.37. The number of carbonyl (C=O) groups excluding carboxylic acids is 1. The van der Waals surface area contributed by atoms with E-state index in [4.69, 9.17) is 5.11 Å². The van der Waals surface area contributed by atoms with Gasteiger partial charge in [0.05, 0.1) is 12.5 Å². The van der Waals surface area contributed by atoms with E-state index in [2.05, 4.69) is 10.3 Å². The molecule has 0 spiro atoms. The van der Waals surface area contributed by atoms with Crippen LogP contribution in [-0.4, -0.2) is 39.1 Å². The van der Waals surface area contributed by atoms with Gasteiger partial charge in [0, 0.05) is 24.5 Å². The van der Waals surface area contributed by atoms with Crippen LogP contribution in [0.1, 0.15) is 45.7 Å². The zero-order chi connectivity index (χ0) is 16.0. The molecule has 6 nitrogen and oxygen atoms in total. The van der Waals surface area contributed by atoms with Crippen LogP contribution >= 0.6 is 0 Å². The van der Waals surface area contributed by atoms with Crippen molar-refractivity contribution in [1.82, 2.24) is 15.2 Å². The number of urea groups is 1. The van der Waals surface area contributed by atoms with Crippen molar-refractivity contribution in [3.63, 3.8) is 0 Å². The molecule has 0 saturated heterocycles. The molecule has 0 saturated carbocycles. The van der Waals surface area contributed by atoms with Crippen molar-refractivity contribution in [3.05, 3.63) is 30.1 Å². The predicted molar refractivity (Wildman–Crippen MR) is 79.9 cm³/mol. The molecule has 0 aliphatic carbocycles. The van der Waals surface area contributed by atoms with Gasteiger partial charge in [0.1, 0.15) is 0 Å². The number of aromatic nitrogens is 1. The molecule has 2 amide bonds. The molecule has 0 aromatic carbocycles. The lowest BCUT2D eigenvalue weighted by atomic mass is 10.1. The number of carbonyl (C=O) groups is 2. The largest absolute Gasteiger partial charge is 0.481 e. The van der Waals surface area contributed by atoms with Crippen molar-refractivity contribution in [2.45, 2.75) is 45.7 Å². The summed E-state index contributed by atoms with van der Waals surface area (Å²) in [7, 11) is 0. The Bertz CT molecular complexity index is 483. The lowest BCUT2D eigenvalue weighted by Gasteiger charge is -2.36. The van der Waals surface area contributed by atoms with Gasteiger partial charge in [-0.25, -0.2) is 4.79 Å². The third-order valence-electron chi connectivity index (χ3n) is 3.13. The molecule has 1 aromatic rings. The third-order valence-corrected chi connectivity index (χ3v) is 3.13. The maximum Gasteiger partial charge on any atom is 0.318 e. The van der Waals surface area contributed by atoms with Crippen LogP contribution < -0.4 is 5.32 Å². The van der Waals surface area contributed by atoms with Crippen molar-refractivity contribution in [2.24, 2.45) is 0 Å². The summed E-state index contributed by atoms with van der Waals surface area (Å²) in [4.78, 5) is 28.7. The summed E-state index contributed by atoms with van der Waals surface area (Å²) in [6, 6.07) is 3.22. The summed E-state index contributed by atoms with van der Waals surface area (Å²) in [5.41, 5.74) is 0.451. The first-order valence-electron chi connectivity index (χ1n) is 6.91. The Kier molecular flexibility index (Phi) is 5.69. The van der Waals surface area contributed by atoms with Crippen LogP contribution in [0.2, 0.25) is 0 Å². The average molecular weight is 293 g/mol. The van der Waals surface area contributed by atoms with Crippen molar-refractivity contribution in [2.75, 3.05) is 6.54 Å². The van der Waals surface area contributed by atoms with E-state index in [1.807, 2.05) is 39.8 Å². The fourth-order valence-electron chi connectivity index (χ4n) is 1.93. The summed E-state index contributed by atoms with van der Waals surface area (Å²) >= 11 is 0. The highest BCUT2D eigenvalue weighted by Crippen LogP contribution is 2.16. The number of pyridine rings is 1. The zero-order valence-corrected chi connectivity index (χ0v) is 13.0. The van der Waals surface area contributed by atoms with E-state index < -0.39 is 11.5 Å². The molecule has 116 valence electrons. The standard InChI is InChI=1S/C15H23N3O3/c1-11(12-6-5-8-16-10-12)17-14(21)18(15(2,3)4)9-7-13(19)20/h5-6,8,10-11H,7,9H2,1-4H3,(H,17,21)(H,19,20). The minimum Gasteiger partial charge on any atom is -0.481 e. The third kappa shape index (κ3) is 5.41. The fourth-order valence-corrected chi connectivity index (χ4v) is 1.93. The minimum absolute atomic E-state index is 0.0774. The van der Waals surface area contributed by atoms with Gasteiger partial charge in [-0.1, -0.05) is 6.07 Å². The molecule has 1 atom stereocenters. The molecule has 0 bridgehead atoms. The molecule has 0 radical (unpaired) electrons. The Labute approximate surface area is 125 Å². The fraction of sp³-hybridized carbons (Fsp3) is 0.533. The van der Waals surface area contributed by atoms with Crippen molar-refractivity contribution >= 4 is 12.0 Å². The van der Waals surface area contributed by atoms with Crippen LogP contribution in [0.25, 0.3) is 0 Å². The van der Waals surface area contributed by atoms with Gasteiger partial charge in [-0.2, -0.15) is 0 Å². The number of hydrogen-bond acceptors (Lipinski definition) is 3. The molecule has 1 rings (SSSR count). The summed E-state index contributed by atoms with van der Waals surface area (Å²) in [5.74, 6) is -0.919. The lowest BCUT2D eigenvalue weighted by Crippen LogP contribution is -2.51. The summed E-state index contributed by atoms with van der Waals surface area (Å²) in [6.07, 6.45) is 3.29. The van der Waals surface area contributed by atoms with E-state index in [-0.39, 0.29) is 25.0 Å². The lowest BCUT2D eigenvalue weighted by molar-refractivity contribution is -0.137. The molecule has 1 aromatic heterocycles. The van der Waals surface area contributed by atoms with Gasteiger partial charge in [-0.15, -0.1) is 0 Å². The molecule has 0 fully saturated rings. The Morgan fingerprint density at radius 1 is 1.43 bits per heavy atom. The number of nitrogens with one attached hydrogen (secondary N) is 1. The molecule has 2 N–H and O–H groups in total. The molecule has 1 heterocycles. The topological polar surface area (TPSA) is 82.5 Å². The summed E-state index contributed by atoms with van der Waals surface area (Å²) in [6.45, 7) is 7.67. The maximum absolute atomic E-state index is 12.4. The predicted octanol–water partition coefficient (Wildman–Crippen LogP) is 2.43. The smallest absolute Gasteiger partial charge is 0.318 e. The first-order valence-corrected chi connectivity index (χ1v) is 6.91. The van der Waals surface area contributed by atoms with Gasteiger partial charge in [-0.05, 0) is 39.3 Å². The zero-order valence-electron chi connectivity index (χ0n) is 13.0. The minimum atomic E-state index is -0.919. The van der Waals surface area contributed by atoms with Crippen LogP contribution in [0, 0.1) is 0 Å². The second-order valence-corrected chi connectivity index (χ2v) is 5.92. The SMILES string of the molecule is CC(NC(=O)N(CCC(=O)O)C(C)(C)C)c1cccnc1. The first-order chi connectivity index (χ1) is 9.71. The number of carboxylic acids is 1. The van der Waals surface area contributed by atoms with E-state index in [0.29, 0.717) is 0 Å². The summed E-state index contributed by atoms with van der Waals surface area (Å²) in [5, 5.41) is 11.7. The highest BCUT2D eigenvalue weighted by atomic mass is 16.4. The molecular formula is C15H23N3O3. The Balaban J connectivity index is 2.74. The van der Waals surface area contributed by atoms with E-state index in [1.54, 1.807) is 12.4 Å².